The Kier molecular flexibility index (Phi) is 5.53. The molecule has 1 aromatic carbocycles. The molecule has 132 valence electrons. The summed E-state index contributed by atoms with van der Waals surface area (Å²) in [5.41, 5.74) is 3.25. The molecule has 5 nitrogen and oxygen atoms in total. The number of likely N-dealkylation sites (tertiary alicyclic amines) is 1. The number of hydrogen-bond donors (Lipinski definition) is 1. The van der Waals surface area contributed by atoms with Crippen molar-refractivity contribution in [1.82, 2.24) is 9.88 Å². The number of aromatic nitrogens is 1. The van der Waals surface area contributed by atoms with Crippen LogP contribution in [0.25, 0.3) is 0 Å². The Morgan fingerprint density at radius 3 is 2.84 bits per heavy atom. The summed E-state index contributed by atoms with van der Waals surface area (Å²) in [6.45, 7) is 3.10. The normalized spacial score (nSPS) is 17.2. The van der Waals surface area contributed by atoms with Crippen LogP contribution in [0.5, 0.6) is 0 Å². The lowest BCUT2D eigenvalue weighted by atomic mass is 9.94. The number of carbonyl (C=O) groups excluding carboxylic acids is 1. The van der Waals surface area contributed by atoms with Crippen LogP contribution in [-0.2, 0) is 11.3 Å². The van der Waals surface area contributed by atoms with E-state index >= 15 is 0 Å². The van der Waals surface area contributed by atoms with Crippen LogP contribution >= 0.6 is 0 Å². The van der Waals surface area contributed by atoms with Gasteiger partial charge in [0.15, 0.2) is 0 Å². The summed E-state index contributed by atoms with van der Waals surface area (Å²) in [4.78, 5) is 18.9. The van der Waals surface area contributed by atoms with E-state index in [1.807, 2.05) is 54.5 Å². The summed E-state index contributed by atoms with van der Waals surface area (Å²) in [6.07, 6.45) is 4.71. The zero-order valence-corrected chi connectivity index (χ0v) is 14.9. The van der Waals surface area contributed by atoms with Crippen molar-refractivity contribution in [3.8, 4) is 0 Å². The van der Waals surface area contributed by atoms with Crippen molar-refractivity contribution < 1.29 is 9.53 Å². The maximum Gasteiger partial charge on any atom is 0.410 e. The summed E-state index contributed by atoms with van der Waals surface area (Å²) in [5.74, 6) is 0.843. The first kappa shape index (κ1) is 17.3. The van der Waals surface area contributed by atoms with E-state index in [4.69, 9.17) is 4.74 Å². The summed E-state index contributed by atoms with van der Waals surface area (Å²) in [6, 6.07) is 11.8. The monoisotopic (exact) mass is 339 g/mol. The van der Waals surface area contributed by atoms with Gasteiger partial charge in [0.1, 0.15) is 12.4 Å². The molecule has 1 aliphatic heterocycles. The predicted octanol–water partition coefficient (Wildman–Crippen LogP) is 4.30. The van der Waals surface area contributed by atoms with E-state index in [9.17, 15) is 4.79 Å². The Morgan fingerprint density at radius 2 is 2.12 bits per heavy atom. The molecule has 1 aromatic heterocycles. The Morgan fingerprint density at radius 1 is 1.32 bits per heavy atom. The average Bonchev–Trinajstić information content (AvgIpc) is 2.67. The number of anilines is 1. The first-order chi connectivity index (χ1) is 12.2. The second-order valence-electron chi connectivity index (χ2n) is 6.42. The first-order valence-electron chi connectivity index (χ1n) is 8.80. The van der Waals surface area contributed by atoms with Gasteiger partial charge in [0.05, 0.1) is 6.04 Å². The molecule has 0 bridgehead atoms. The topological polar surface area (TPSA) is 54.5 Å². The third-order valence-electron chi connectivity index (χ3n) is 4.71. The number of rotatable bonds is 4. The van der Waals surface area contributed by atoms with E-state index in [1.165, 1.54) is 0 Å². The molecular formula is C20H25N3O2. The van der Waals surface area contributed by atoms with Crippen LogP contribution in [0.1, 0.15) is 42.0 Å². The van der Waals surface area contributed by atoms with Gasteiger partial charge in [0, 0.05) is 19.8 Å². The Balaban J connectivity index is 1.73. The highest BCUT2D eigenvalue weighted by molar-refractivity contribution is 5.68. The fourth-order valence-electron chi connectivity index (χ4n) is 3.33. The minimum absolute atomic E-state index is 0.0374. The van der Waals surface area contributed by atoms with Gasteiger partial charge in [-0.1, -0.05) is 30.3 Å². The van der Waals surface area contributed by atoms with Crippen molar-refractivity contribution in [3.05, 3.63) is 59.3 Å². The summed E-state index contributed by atoms with van der Waals surface area (Å²) in [5, 5.41) is 3.05. The highest BCUT2D eigenvalue weighted by Gasteiger charge is 2.30. The van der Waals surface area contributed by atoms with Gasteiger partial charge in [-0.15, -0.1) is 0 Å². The molecule has 1 aliphatic rings. The number of ether oxygens (including phenoxy) is 1. The summed E-state index contributed by atoms with van der Waals surface area (Å²) in [7, 11) is 1.86. The van der Waals surface area contributed by atoms with E-state index in [1.54, 1.807) is 0 Å². The van der Waals surface area contributed by atoms with Gasteiger partial charge in [-0.3, -0.25) is 0 Å². The van der Waals surface area contributed by atoms with Crippen molar-refractivity contribution in [2.45, 2.75) is 38.8 Å². The number of nitrogens with zero attached hydrogens (tertiary/aromatic N) is 2. The van der Waals surface area contributed by atoms with Gasteiger partial charge in [-0.25, -0.2) is 9.78 Å². The molecule has 1 unspecified atom stereocenters. The quantitative estimate of drug-likeness (QED) is 0.902. The van der Waals surface area contributed by atoms with Gasteiger partial charge in [0.2, 0.25) is 0 Å². The standard InChI is InChI=1S/C20H25N3O2/c1-15-12-19(21-2)22-13-17(15)18-10-6-7-11-23(18)20(24)25-14-16-8-4-3-5-9-16/h3-5,8-9,12-13,18H,6-7,10-11,14H2,1-2H3,(H,21,22). The zero-order chi connectivity index (χ0) is 17.6. The largest absolute Gasteiger partial charge is 0.445 e. The van der Waals surface area contributed by atoms with E-state index in [0.29, 0.717) is 6.61 Å². The lowest BCUT2D eigenvalue weighted by molar-refractivity contribution is 0.0677. The molecule has 2 heterocycles. The van der Waals surface area contributed by atoms with Crippen LogP contribution in [-0.4, -0.2) is 29.6 Å². The predicted molar refractivity (Wildman–Crippen MR) is 98.4 cm³/mol. The molecule has 0 radical (unpaired) electrons. The van der Waals surface area contributed by atoms with Gasteiger partial charge in [0.25, 0.3) is 0 Å². The third kappa shape index (κ3) is 4.10. The molecular weight excluding hydrogens is 314 g/mol. The highest BCUT2D eigenvalue weighted by atomic mass is 16.6. The molecule has 25 heavy (non-hydrogen) atoms. The Hall–Kier alpha value is -2.56. The first-order valence-corrected chi connectivity index (χ1v) is 8.80. The molecule has 1 amide bonds. The third-order valence-corrected chi connectivity index (χ3v) is 4.71. The average molecular weight is 339 g/mol. The summed E-state index contributed by atoms with van der Waals surface area (Å²) < 4.78 is 5.56. The van der Waals surface area contributed by atoms with Crippen molar-refractivity contribution in [1.29, 1.82) is 0 Å². The van der Waals surface area contributed by atoms with Gasteiger partial charge in [-0.05, 0) is 48.9 Å². The van der Waals surface area contributed by atoms with Gasteiger partial charge < -0.3 is 15.0 Å². The number of nitrogens with one attached hydrogen (secondary N) is 1. The van der Waals surface area contributed by atoms with Crippen molar-refractivity contribution in [2.75, 3.05) is 18.9 Å². The molecule has 1 fully saturated rings. The number of carbonyl (C=O) groups is 1. The number of aryl methyl sites for hydroxylation is 1. The number of hydrogen-bond acceptors (Lipinski definition) is 4. The van der Waals surface area contributed by atoms with Crippen LogP contribution in [0, 0.1) is 6.92 Å². The lowest BCUT2D eigenvalue weighted by Gasteiger charge is -2.35. The van der Waals surface area contributed by atoms with Crippen LogP contribution in [0.15, 0.2) is 42.6 Å². The molecule has 0 aliphatic carbocycles. The minimum Gasteiger partial charge on any atom is -0.445 e. The minimum atomic E-state index is -0.245. The molecule has 5 heteroatoms. The fraction of sp³-hybridized carbons (Fsp3) is 0.400. The smallest absolute Gasteiger partial charge is 0.410 e. The second kappa shape index (κ2) is 8.01. The number of benzene rings is 1. The SMILES string of the molecule is CNc1cc(C)c(C2CCCCN2C(=O)OCc2ccccc2)cn1. The van der Waals surface area contributed by atoms with E-state index in [0.717, 1.165) is 48.3 Å². The van der Waals surface area contributed by atoms with E-state index in [-0.39, 0.29) is 12.1 Å². The van der Waals surface area contributed by atoms with Crippen molar-refractivity contribution in [2.24, 2.45) is 0 Å². The van der Waals surface area contributed by atoms with Crippen molar-refractivity contribution in [3.63, 3.8) is 0 Å². The number of pyridine rings is 1. The van der Waals surface area contributed by atoms with E-state index in [2.05, 4.69) is 17.2 Å². The zero-order valence-electron chi connectivity index (χ0n) is 14.9. The maximum atomic E-state index is 12.7. The highest BCUT2D eigenvalue weighted by Crippen LogP contribution is 2.33. The molecule has 2 aromatic rings. The number of piperidine rings is 1. The second-order valence-corrected chi connectivity index (χ2v) is 6.42. The van der Waals surface area contributed by atoms with E-state index < -0.39 is 0 Å². The molecule has 1 saturated heterocycles. The molecule has 0 spiro atoms. The van der Waals surface area contributed by atoms with Crippen LogP contribution in [0.4, 0.5) is 10.6 Å². The van der Waals surface area contributed by atoms with Gasteiger partial charge in [-0.2, -0.15) is 0 Å². The molecule has 1 atom stereocenters. The fourth-order valence-corrected chi connectivity index (χ4v) is 3.33. The van der Waals surface area contributed by atoms with Crippen LogP contribution < -0.4 is 5.32 Å². The Labute approximate surface area is 149 Å². The van der Waals surface area contributed by atoms with Crippen LogP contribution in [0.2, 0.25) is 0 Å². The van der Waals surface area contributed by atoms with Crippen molar-refractivity contribution >= 4 is 11.9 Å². The lowest BCUT2D eigenvalue weighted by Crippen LogP contribution is -2.39. The molecule has 1 N–H and O–H groups in total. The summed E-state index contributed by atoms with van der Waals surface area (Å²) >= 11 is 0. The van der Waals surface area contributed by atoms with Gasteiger partial charge >= 0.3 is 6.09 Å². The molecule has 3 rings (SSSR count). The Bertz CT molecular complexity index is 718. The molecule has 0 saturated carbocycles. The number of amides is 1. The van der Waals surface area contributed by atoms with Crippen LogP contribution in [0.3, 0.4) is 0 Å². The maximum absolute atomic E-state index is 12.7.